The van der Waals surface area contributed by atoms with Crippen molar-refractivity contribution in [2.24, 2.45) is 5.92 Å². The molecule has 20 heavy (non-hydrogen) atoms. The van der Waals surface area contributed by atoms with Crippen LogP contribution < -0.4 is 0 Å². The number of thiazole rings is 1. The smallest absolute Gasteiger partial charge is 0.0941 e. The first-order chi connectivity index (χ1) is 9.81. The number of aryl methyl sites for hydroxylation is 1. The molecule has 0 N–H and O–H groups in total. The Bertz CT molecular complexity index is 639. The first-order valence-corrected chi connectivity index (χ1v) is 8.01. The summed E-state index contributed by atoms with van der Waals surface area (Å²) in [6.45, 7) is 2.33. The van der Waals surface area contributed by atoms with Crippen molar-refractivity contribution in [1.82, 2.24) is 4.98 Å². The zero-order chi connectivity index (χ0) is 13.8. The standard InChI is InChI=1S/C18H19NS/c1-14(11-12-15-7-3-2-4-8-15)13-18-19-16-9-5-6-10-17(16)20-18/h2-10,14H,11-13H2,1H3/t14-/m0/s1. The predicted molar refractivity (Wildman–Crippen MR) is 87.3 cm³/mol. The Morgan fingerprint density at radius 1 is 1.00 bits per heavy atom. The molecule has 0 aliphatic heterocycles. The van der Waals surface area contributed by atoms with Crippen LogP contribution in [0.1, 0.15) is 23.9 Å². The third-order valence-electron chi connectivity index (χ3n) is 3.63. The highest BCUT2D eigenvalue weighted by Gasteiger charge is 2.08. The van der Waals surface area contributed by atoms with Crippen molar-refractivity contribution in [2.45, 2.75) is 26.2 Å². The summed E-state index contributed by atoms with van der Waals surface area (Å²) in [7, 11) is 0. The molecular weight excluding hydrogens is 262 g/mol. The van der Waals surface area contributed by atoms with Crippen molar-refractivity contribution in [3.8, 4) is 0 Å². The topological polar surface area (TPSA) is 12.9 Å². The number of hydrogen-bond donors (Lipinski definition) is 0. The lowest BCUT2D eigenvalue weighted by molar-refractivity contribution is 0.530. The lowest BCUT2D eigenvalue weighted by Gasteiger charge is -2.09. The van der Waals surface area contributed by atoms with Crippen LogP contribution in [0.3, 0.4) is 0 Å². The van der Waals surface area contributed by atoms with Gasteiger partial charge in [0.25, 0.3) is 0 Å². The van der Waals surface area contributed by atoms with Gasteiger partial charge in [-0.3, -0.25) is 0 Å². The summed E-state index contributed by atoms with van der Waals surface area (Å²) in [5, 5.41) is 1.27. The molecule has 102 valence electrons. The number of para-hydroxylation sites is 1. The lowest BCUT2D eigenvalue weighted by atomic mass is 9.99. The molecule has 0 unspecified atom stereocenters. The molecule has 1 aromatic heterocycles. The molecule has 1 nitrogen and oxygen atoms in total. The summed E-state index contributed by atoms with van der Waals surface area (Å²) in [6, 6.07) is 19.1. The van der Waals surface area contributed by atoms with Gasteiger partial charge in [0.15, 0.2) is 0 Å². The fourth-order valence-electron chi connectivity index (χ4n) is 2.47. The average molecular weight is 281 g/mol. The van der Waals surface area contributed by atoms with Gasteiger partial charge in [-0.15, -0.1) is 11.3 Å². The third-order valence-corrected chi connectivity index (χ3v) is 4.69. The van der Waals surface area contributed by atoms with Crippen LogP contribution in [-0.4, -0.2) is 4.98 Å². The fraction of sp³-hybridized carbons (Fsp3) is 0.278. The van der Waals surface area contributed by atoms with E-state index in [0.717, 1.165) is 18.4 Å². The minimum absolute atomic E-state index is 0.677. The van der Waals surface area contributed by atoms with Gasteiger partial charge in [-0.2, -0.15) is 0 Å². The van der Waals surface area contributed by atoms with E-state index >= 15 is 0 Å². The quantitative estimate of drug-likeness (QED) is 0.633. The summed E-state index contributed by atoms with van der Waals surface area (Å²) >= 11 is 1.84. The van der Waals surface area contributed by atoms with Gasteiger partial charge in [0.1, 0.15) is 0 Å². The molecule has 0 saturated heterocycles. The maximum absolute atomic E-state index is 4.73. The van der Waals surface area contributed by atoms with Gasteiger partial charge in [-0.05, 0) is 36.5 Å². The van der Waals surface area contributed by atoms with Gasteiger partial charge in [0.2, 0.25) is 0 Å². The molecule has 0 fully saturated rings. The molecule has 1 heterocycles. The molecule has 0 radical (unpaired) electrons. The molecule has 1 atom stereocenters. The second-order valence-electron chi connectivity index (χ2n) is 5.41. The second kappa shape index (κ2) is 6.19. The van der Waals surface area contributed by atoms with Gasteiger partial charge in [0, 0.05) is 6.42 Å². The number of nitrogens with zero attached hydrogens (tertiary/aromatic N) is 1. The van der Waals surface area contributed by atoms with Crippen LogP contribution in [0.25, 0.3) is 10.2 Å². The Labute approximate surface area is 124 Å². The number of fused-ring (bicyclic) bond motifs is 1. The van der Waals surface area contributed by atoms with Gasteiger partial charge < -0.3 is 0 Å². The molecule has 0 aliphatic rings. The number of aromatic nitrogens is 1. The van der Waals surface area contributed by atoms with E-state index in [9.17, 15) is 0 Å². The Kier molecular flexibility index (Phi) is 4.12. The van der Waals surface area contributed by atoms with Crippen molar-refractivity contribution in [2.75, 3.05) is 0 Å². The lowest BCUT2D eigenvalue weighted by Crippen LogP contribution is -2.01. The number of rotatable bonds is 5. The highest BCUT2D eigenvalue weighted by atomic mass is 32.1. The zero-order valence-corrected chi connectivity index (χ0v) is 12.6. The van der Waals surface area contributed by atoms with E-state index in [1.807, 2.05) is 11.3 Å². The molecule has 0 amide bonds. The fourth-order valence-corrected chi connectivity index (χ4v) is 3.60. The van der Waals surface area contributed by atoms with Crippen LogP contribution in [0.4, 0.5) is 0 Å². The van der Waals surface area contributed by atoms with Crippen LogP contribution in [0.5, 0.6) is 0 Å². The predicted octanol–water partition coefficient (Wildman–Crippen LogP) is 5.11. The average Bonchev–Trinajstić information content (AvgIpc) is 2.88. The van der Waals surface area contributed by atoms with Gasteiger partial charge in [-0.25, -0.2) is 4.98 Å². The van der Waals surface area contributed by atoms with E-state index in [1.54, 1.807) is 0 Å². The van der Waals surface area contributed by atoms with Gasteiger partial charge in [-0.1, -0.05) is 49.4 Å². The van der Waals surface area contributed by atoms with Crippen LogP contribution in [0, 0.1) is 5.92 Å². The maximum Gasteiger partial charge on any atom is 0.0941 e. The van der Waals surface area contributed by atoms with E-state index < -0.39 is 0 Å². The molecule has 2 heteroatoms. The Morgan fingerprint density at radius 2 is 1.75 bits per heavy atom. The summed E-state index contributed by atoms with van der Waals surface area (Å²) in [5.74, 6) is 0.677. The summed E-state index contributed by atoms with van der Waals surface area (Å²) in [5.41, 5.74) is 2.58. The first kappa shape index (κ1) is 13.3. The summed E-state index contributed by atoms with van der Waals surface area (Å²) < 4.78 is 1.30. The Morgan fingerprint density at radius 3 is 2.55 bits per heavy atom. The monoisotopic (exact) mass is 281 g/mol. The molecule has 0 saturated carbocycles. The molecular formula is C18H19NS. The van der Waals surface area contributed by atoms with Crippen molar-refractivity contribution < 1.29 is 0 Å². The minimum Gasteiger partial charge on any atom is -0.241 e. The number of hydrogen-bond acceptors (Lipinski definition) is 2. The normalized spacial score (nSPS) is 12.7. The Hall–Kier alpha value is -1.67. The van der Waals surface area contributed by atoms with Crippen LogP contribution in [0.2, 0.25) is 0 Å². The second-order valence-corrected chi connectivity index (χ2v) is 6.52. The molecule has 0 aliphatic carbocycles. The molecule has 3 aromatic rings. The van der Waals surface area contributed by atoms with E-state index in [4.69, 9.17) is 4.98 Å². The summed E-state index contributed by atoms with van der Waals surface area (Å²) in [6.07, 6.45) is 3.47. The minimum atomic E-state index is 0.677. The molecule has 0 bridgehead atoms. The molecule has 0 spiro atoms. The molecule has 3 rings (SSSR count). The van der Waals surface area contributed by atoms with Crippen molar-refractivity contribution in [1.29, 1.82) is 0 Å². The highest BCUT2D eigenvalue weighted by molar-refractivity contribution is 7.18. The SMILES string of the molecule is C[C@@H](CCc1ccccc1)Cc1nc2ccccc2s1. The van der Waals surface area contributed by atoms with Crippen LogP contribution >= 0.6 is 11.3 Å². The van der Waals surface area contributed by atoms with Crippen molar-refractivity contribution in [3.05, 3.63) is 65.2 Å². The zero-order valence-electron chi connectivity index (χ0n) is 11.8. The number of benzene rings is 2. The van der Waals surface area contributed by atoms with E-state index in [0.29, 0.717) is 5.92 Å². The van der Waals surface area contributed by atoms with Gasteiger partial charge in [0.05, 0.1) is 15.2 Å². The van der Waals surface area contributed by atoms with E-state index in [1.165, 1.54) is 21.7 Å². The van der Waals surface area contributed by atoms with E-state index in [2.05, 4.69) is 61.5 Å². The van der Waals surface area contributed by atoms with Crippen molar-refractivity contribution in [3.63, 3.8) is 0 Å². The highest BCUT2D eigenvalue weighted by Crippen LogP contribution is 2.24. The Balaban J connectivity index is 1.59. The largest absolute Gasteiger partial charge is 0.241 e. The maximum atomic E-state index is 4.73. The third kappa shape index (κ3) is 3.26. The van der Waals surface area contributed by atoms with Crippen LogP contribution in [-0.2, 0) is 12.8 Å². The summed E-state index contributed by atoms with van der Waals surface area (Å²) in [4.78, 5) is 4.73. The molecule has 2 aromatic carbocycles. The van der Waals surface area contributed by atoms with Gasteiger partial charge >= 0.3 is 0 Å². The van der Waals surface area contributed by atoms with Crippen LogP contribution in [0.15, 0.2) is 54.6 Å². The first-order valence-electron chi connectivity index (χ1n) is 7.19. The van der Waals surface area contributed by atoms with Crippen molar-refractivity contribution >= 4 is 21.6 Å². The van der Waals surface area contributed by atoms with E-state index in [-0.39, 0.29) is 0 Å².